The summed E-state index contributed by atoms with van der Waals surface area (Å²) in [7, 11) is 0. The van der Waals surface area contributed by atoms with E-state index >= 15 is 0 Å². The van der Waals surface area contributed by atoms with E-state index in [4.69, 9.17) is 5.73 Å². The van der Waals surface area contributed by atoms with Crippen LogP contribution < -0.4 is 11.1 Å². The van der Waals surface area contributed by atoms with Gasteiger partial charge >= 0.3 is 0 Å². The normalized spacial score (nSPS) is 24.3. The highest BCUT2D eigenvalue weighted by atomic mass is 79.9. The summed E-state index contributed by atoms with van der Waals surface area (Å²) in [6.07, 6.45) is 0.795. The molecule has 3 N–H and O–H groups in total. The summed E-state index contributed by atoms with van der Waals surface area (Å²) in [5, 5.41) is 3.26. The molecule has 1 atom stereocenters. The van der Waals surface area contributed by atoms with Gasteiger partial charge in [0.25, 0.3) is 0 Å². The SMILES string of the molecule is NC(=O)C1(Nc2ccc(Br)cc2)CCSC1. The fraction of sp³-hybridized carbons (Fsp3) is 0.364. The highest BCUT2D eigenvalue weighted by Crippen LogP contribution is 2.31. The van der Waals surface area contributed by atoms with Crippen molar-refractivity contribution in [3.63, 3.8) is 0 Å². The predicted molar refractivity (Wildman–Crippen MR) is 71.6 cm³/mol. The van der Waals surface area contributed by atoms with E-state index in [-0.39, 0.29) is 5.91 Å². The maximum atomic E-state index is 11.5. The number of anilines is 1. The van der Waals surface area contributed by atoms with Gasteiger partial charge in [-0.3, -0.25) is 4.79 Å². The number of benzene rings is 1. The van der Waals surface area contributed by atoms with E-state index in [0.717, 1.165) is 28.1 Å². The van der Waals surface area contributed by atoms with Gasteiger partial charge in [-0.05, 0) is 36.4 Å². The van der Waals surface area contributed by atoms with Gasteiger partial charge in [0.05, 0.1) is 0 Å². The fourth-order valence-electron chi connectivity index (χ4n) is 1.73. The van der Waals surface area contributed by atoms with Gasteiger partial charge in [0.1, 0.15) is 5.54 Å². The molecule has 1 aliphatic heterocycles. The van der Waals surface area contributed by atoms with Crippen molar-refractivity contribution in [3.05, 3.63) is 28.7 Å². The molecule has 1 saturated heterocycles. The first-order valence-electron chi connectivity index (χ1n) is 5.04. The molecule has 1 amide bonds. The van der Waals surface area contributed by atoms with Crippen molar-refractivity contribution in [2.24, 2.45) is 5.73 Å². The Kier molecular flexibility index (Phi) is 3.44. The van der Waals surface area contributed by atoms with Crippen molar-refractivity contribution >= 4 is 39.3 Å². The largest absolute Gasteiger partial charge is 0.371 e. The molecule has 3 nitrogen and oxygen atoms in total. The molecule has 1 aromatic rings. The van der Waals surface area contributed by atoms with Gasteiger partial charge < -0.3 is 11.1 Å². The number of halogens is 1. The molecule has 0 aliphatic carbocycles. The van der Waals surface area contributed by atoms with Crippen LogP contribution in [0.15, 0.2) is 28.7 Å². The van der Waals surface area contributed by atoms with Crippen LogP contribution >= 0.6 is 27.7 Å². The second kappa shape index (κ2) is 4.67. The molecule has 16 heavy (non-hydrogen) atoms. The van der Waals surface area contributed by atoms with Crippen molar-refractivity contribution < 1.29 is 4.79 Å². The first-order valence-corrected chi connectivity index (χ1v) is 6.99. The molecular weight excluding hydrogens is 288 g/mol. The van der Waals surface area contributed by atoms with Crippen molar-refractivity contribution in [1.82, 2.24) is 0 Å². The van der Waals surface area contributed by atoms with Crippen molar-refractivity contribution in [2.75, 3.05) is 16.8 Å². The molecule has 1 aliphatic rings. The molecule has 1 unspecified atom stereocenters. The Labute approximate surface area is 107 Å². The maximum Gasteiger partial charge on any atom is 0.243 e. The van der Waals surface area contributed by atoms with Gasteiger partial charge in [-0.1, -0.05) is 15.9 Å². The number of hydrogen-bond donors (Lipinski definition) is 2. The third-order valence-electron chi connectivity index (χ3n) is 2.72. The summed E-state index contributed by atoms with van der Waals surface area (Å²) < 4.78 is 1.02. The third kappa shape index (κ3) is 2.35. The lowest BCUT2D eigenvalue weighted by molar-refractivity contribution is -0.121. The molecule has 0 aromatic heterocycles. The van der Waals surface area contributed by atoms with Crippen LogP contribution in [-0.4, -0.2) is 23.0 Å². The zero-order valence-corrected chi connectivity index (χ0v) is 11.1. The number of carbonyl (C=O) groups excluding carboxylic acids is 1. The van der Waals surface area contributed by atoms with Crippen molar-refractivity contribution in [3.8, 4) is 0 Å². The number of nitrogens with one attached hydrogen (secondary N) is 1. The minimum Gasteiger partial charge on any atom is -0.371 e. The van der Waals surface area contributed by atoms with Crippen LogP contribution in [0.5, 0.6) is 0 Å². The van der Waals surface area contributed by atoms with Crippen LogP contribution in [0.1, 0.15) is 6.42 Å². The summed E-state index contributed by atoms with van der Waals surface area (Å²) in [4.78, 5) is 11.5. The standard InChI is InChI=1S/C11H13BrN2OS/c12-8-1-3-9(4-2-8)14-11(10(13)15)5-6-16-7-11/h1-4,14H,5-7H2,(H2,13,15). The molecule has 0 saturated carbocycles. The van der Waals surface area contributed by atoms with Crippen LogP contribution in [0.4, 0.5) is 5.69 Å². The van der Waals surface area contributed by atoms with Crippen LogP contribution in [0.25, 0.3) is 0 Å². The second-order valence-electron chi connectivity index (χ2n) is 3.88. The van der Waals surface area contributed by atoms with E-state index in [0.29, 0.717) is 0 Å². The highest BCUT2D eigenvalue weighted by Gasteiger charge is 2.40. The summed E-state index contributed by atoms with van der Waals surface area (Å²) in [6, 6.07) is 7.77. The van der Waals surface area contributed by atoms with Crippen molar-refractivity contribution in [2.45, 2.75) is 12.0 Å². The Morgan fingerprint density at radius 2 is 2.12 bits per heavy atom. The third-order valence-corrected chi connectivity index (χ3v) is 4.44. The molecule has 0 bridgehead atoms. The topological polar surface area (TPSA) is 55.1 Å². The average Bonchev–Trinajstić information content (AvgIpc) is 2.71. The lowest BCUT2D eigenvalue weighted by Gasteiger charge is -2.27. The zero-order chi connectivity index (χ0) is 11.6. The van der Waals surface area contributed by atoms with Crippen LogP contribution in [0, 0.1) is 0 Å². The number of carbonyl (C=O) groups is 1. The lowest BCUT2D eigenvalue weighted by atomic mass is 9.97. The van der Waals surface area contributed by atoms with Gasteiger partial charge in [-0.25, -0.2) is 0 Å². The number of thioether (sulfide) groups is 1. The molecular formula is C11H13BrN2OS. The Morgan fingerprint density at radius 1 is 1.44 bits per heavy atom. The number of amides is 1. The fourth-order valence-corrected chi connectivity index (χ4v) is 3.34. The van der Waals surface area contributed by atoms with Gasteiger partial charge in [0, 0.05) is 15.9 Å². The van der Waals surface area contributed by atoms with Gasteiger partial charge in [0.2, 0.25) is 5.91 Å². The highest BCUT2D eigenvalue weighted by molar-refractivity contribution is 9.10. The molecule has 1 fully saturated rings. The molecule has 1 aromatic carbocycles. The molecule has 86 valence electrons. The Hall–Kier alpha value is -0.680. The van der Waals surface area contributed by atoms with E-state index in [1.807, 2.05) is 24.3 Å². The maximum absolute atomic E-state index is 11.5. The smallest absolute Gasteiger partial charge is 0.243 e. The van der Waals surface area contributed by atoms with E-state index < -0.39 is 5.54 Å². The minimum atomic E-state index is -0.571. The first kappa shape index (κ1) is 11.8. The van der Waals surface area contributed by atoms with E-state index in [1.54, 1.807) is 11.8 Å². The lowest BCUT2D eigenvalue weighted by Crippen LogP contribution is -2.50. The van der Waals surface area contributed by atoms with Gasteiger partial charge in [0.15, 0.2) is 0 Å². The molecule has 0 spiro atoms. The van der Waals surface area contributed by atoms with Crippen LogP contribution in [0.2, 0.25) is 0 Å². The molecule has 5 heteroatoms. The van der Waals surface area contributed by atoms with E-state index in [9.17, 15) is 4.79 Å². The Bertz CT molecular complexity index is 387. The number of rotatable bonds is 3. The first-order chi connectivity index (χ1) is 7.62. The minimum absolute atomic E-state index is 0.264. The summed E-state index contributed by atoms with van der Waals surface area (Å²) >= 11 is 5.14. The number of primary amides is 1. The summed E-state index contributed by atoms with van der Waals surface area (Å²) in [5.74, 6) is 1.46. The Morgan fingerprint density at radius 3 is 2.62 bits per heavy atom. The Balaban J connectivity index is 2.18. The summed E-state index contributed by atoms with van der Waals surface area (Å²) in [6.45, 7) is 0. The second-order valence-corrected chi connectivity index (χ2v) is 5.90. The number of hydrogen-bond acceptors (Lipinski definition) is 3. The van der Waals surface area contributed by atoms with Crippen LogP contribution in [0.3, 0.4) is 0 Å². The number of nitrogens with two attached hydrogens (primary N) is 1. The predicted octanol–water partition coefficient (Wildman–Crippen LogP) is 2.22. The van der Waals surface area contributed by atoms with Crippen LogP contribution in [-0.2, 0) is 4.79 Å². The monoisotopic (exact) mass is 300 g/mol. The van der Waals surface area contributed by atoms with Gasteiger partial charge in [-0.2, -0.15) is 11.8 Å². The van der Waals surface area contributed by atoms with Gasteiger partial charge in [-0.15, -0.1) is 0 Å². The van der Waals surface area contributed by atoms with E-state index in [1.165, 1.54) is 0 Å². The molecule has 1 heterocycles. The zero-order valence-electron chi connectivity index (χ0n) is 8.70. The van der Waals surface area contributed by atoms with Crippen molar-refractivity contribution in [1.29, 1.82) is 0 Å². The quantitative estimate of drug-likeness (QED) is 0.900. The molecule has 0 radical (unpaired) electrons. The summed E-state index contributed by atoms with van der Waals surface area (Å²) in [5.41, 5.74) is 5.85. The van der Waals surface area contributed by atoms with E-state index in [2.05, 4.69) is 21.2 Å². The average molecular weight is 301 g/mol. The molecule has 2 rings (SSSR count).